The lowest BCUT2D eigenvalue weighted by Crippen LogP contribution is -2.27. The molecule has 0 heterocycles. The van der Waals surface area contributed by atoms with Crippen LogP contribution in [0.4, 0.5) is 4.79 Å². The van der Waals surface area contributed by atoms with E-state index in [2.05, 4.69) is 5.32 Å². The maximum atomic E-state index is 11.2. The van der Waals surface area contributed by atoms with Gasteiger partial charge in [-0.25, -0.2) is 4.79 Å². The van der Waals surface area contributed by atoms with Gasteiger partial charge >= 0.3 is 6.09 Å². The van der Waals surface area contributed by atoms with E-state index in [1.54, 1.807) is 14.0 Å². The van der Waals surface area contributed by atoms with E-state index < -0.39 is 6.09 Å². The smallest absolute Gasteiger partial charge is 0.407 e. The third kappa shape index (κ3) is 3.46. The molecule has 0 unspecified atom stereocenters. The van der Waals surface area contributed by atoms with Gasteiger partial charge in [0.2, 0.25) is 0 Å². The highest BCUT2D eigenvalue weighted by Crippen LogP contribution is 2.17. The Hall–Kier alpha value is -1.71. The Labute approximate surface area is 95.6 Å². The van der Waals surface area contributed by atoms with Crippen molar-refractivity contribution in [3.05, 3.63) is 29.8 Å². The van der Waals surface area contributed by atoms with Crippen molar-refractivity contribution in [3.63, 3.8) is 0 Å². The standard InChI is InChI=1S/C12H17NO3/c1-4-16-12(14)13-9(2)10-5-7-11(15-3)8-6-10/h5-9H,4H2,1-3H3,(H,13,14)/t9-/m0/s1. The first-order chi connectivity index (χ1) is 7.67. The van der Waals surface area contributed by atoms with E-state index in [-0.39, 0.29) is 6.04 Å². The Morgan fingerprint density at radius 1 is 1.38 bits per heavy atom. The molecule has 1 aromatic carbocycles. The molecular weight excluding hydrogens is 206 g/mol. The van der Waals surface area contributed by atoms with Crippen molar-refractivity contribution in [1.82, 2.24) is 5.32 Å². The summed E-state index contributed by atoms with van der Waals surface area (Å²) in [6.07, 6.45) is -0.397. The lowest BCUT2D eigenvalue weighted by molar-refractivity contribution is 0.149. The van der Waals surface area contributed by atoms with Crippen molar-refractivity contribution in [2.75, 3.05) is 13.7 Å². The van der Waals surface area contributed by atoms with Crippen molar-refractivity contribution < 1.29 is 14.3 Å². The van der Waals surface area contributed by atoms with Gasteiger partial charge in [0.15, 0.2) is 0 Å². The molecule has 4 heteroatoms. The average Bonchev–Trinajstić information content (AvgIpc) is 2.29. The average molecular weight is 223 g/mol. The summed E-state index contributed by atoms with van der Waals surface area (Å²) in [6, 6.07) is 7.47. The van der Waals surface area contributed by atoms with Gasteiger partial charge < -0.3 is 14.8 Å². The van der Waals surface area contributed by atoms with Crippen LogP contribution in [0.25, 0.3) is 0 Å². The Morgan fingerprint density at radius 2 is 2.00 bits per heavy atom. The molecule has 1 amide bonds. The molecule has 0 aliphatic carbocycles. The van der Waals surface area contributed by atoms with Crippen molar-refractivity contribution in [2.24, 2.45) is 0 Å². The number of hydrogen-bond donors (Lipinski definition) is 1. The van der Waals surface area contributed by atoms with E-state index in [0.29, 0.717) is 6.61 Å². The lowest BCUT2D eigenvalue weighted by atomic mass is 10.1. The number of benzene rings is 1. The van der Waals surface area contributed by atoms with Crippen LogP contribution in [0.15, 0.2) is 24.3 Å². The van der Waals surface area contributed by atoms with Gasteiger partial charge in [-0.1, -0.05) is 12.1 Å². The van der Waals surface area contributed by atoms with Crippen LogP contribution >= 0.6 is 0 Å². The Kier molecular flexibility index (Phi) is 4.64. The highest BCUT2D eigenvalue weighted by atomic mass is 16.5. The predicted molar refractivity (Wildman–Crippen MR) is 61.6 cm³/mol. The highest BCUT2D eigenvalue weighted by molar-refractivity contribution is 5.67. The van der Waals surface area contributed by atoms with Gasteiger partial charge in [-0.2, -0.15) is 0 Å². The van der Waals surface area contributed by atoms with Gasteiger partial charge in [0.1, 0.15) is 5.75 Å². The molecule has 1 N–H and O–H groups in total. The zero-order valence-corrected chi connectivity index (χ0v) is 9.82. The fourth-order valence-electron chi connectivity index (χ4n) is 1.33. The van der Waals surface area contributed by atoms with Gasteiger partial charge in [-0.15, -0.1) is 0 Å². The summed E-state index contributed by atoms with van der Waals surface area (Å²) >= 11 is 0. The Morgan fingerprint density at radius 3 is 2.50 bits per heavy atom. The van der Waals surface area contributed by atoms with Gasteiger partial charge in [0.05, 0.1) is 19.8 Å². The zero-order chi connectivity index (χ0) is 12.0. The molecule has 0 aliphatic rings. The van der Waals surface area contributed by atoms with Gasteiger partial charge in [0, 0.05) is 0 Å². The number of hydrogen-bond acceptors (Lipinski definition) is 3. The molecule has 0 spiro atoms. The molecular formula is C12H17NO3. The molecule has 0 aromatic heterocycles. The first-order valence-electron chi connectivity index (χ1n) is 5.24. The second kappa shape index (κ2) is 6.00. The quantitative estimate of drug-likeness (QED) is 0.853. The number of alkyl carbamates (subject to hydrolysis) is 1. The van der Waals surface area contributed by atoms with Gasteiger partial charge in [0.25, 0.3) is 0 Å². The molecule has 0 saturated carbocycles. The number of carbonyl (C=O) groups is 1. The fraction of sp³-hybridized carbons (Fsp3) is 0.417. The number of rotatable bonds is 4. The molecule has 0 saturated heterocycles. The maximum Gasteiger partial charge on any atom is 0.407 e. The molecule has 88 valence electrons. The summed E-state index contributed by atoms with van der Waals surface area (Å²) in [6.45, 7) is 4.05. The Balaban J connectivity index is 2.58. The molecule has 0 bridgehead atoms. The molecule has 4 nitrogen and oxygen atoms in total. The van der Waals surface area contributed by atoms with Crippen LogP contribution in [-0.2, 0) is 4.74 Å². The molecule has 0 fully saturated rings. The van der Waals surface area contributed by atoms with E-state index >= 15 is 0 Å². The second-order valence-electron chi connectivity index (χ2n) is 3.36. The van der Waals surface area contributed by atoms with Crippen LogP contribution in [0, 0.1) is 0 Å². The van der Waals surface area contributed by atoms with Gasteiger partial charge in [-0.05, 0) is 31.5 Å². The maximum absolute atomic E-state index is 11.2. The van der Waals surface area contributed by atoms with Crippen LogP contribution in [-0.4, -0.2) is 19.8 Å². The molecule has 0 aliphatic heterocycles. The van der Waals surface area contributed by atoms with Crippen LogP contribution in [0.2, 0.25) is 0 Å². The highest BCUT2D eigenvalue weighted by Gasteiger charge is 2.09. The van der Waals surface area contributed by atoms with Crippen molar-refractivity contribution >= 4 is 6.09 Å². The molecule has 1 aromatic rings. The number of amides is 1. The second-order valence-corrected chi connectivity index (χ2v) is 3.36. The summed E-state index contributed by atoms with van der Waals surface area (Å²) < 4.78 is 9.86. The van der Waals surface area contributed by atoms with Crippen molar-refractivity contribution in [2.45, 2.75) is 19.9 Å². The normalized spacial score (nSPS) is 11.7. The molecule has 0 radical (unpaired) electrons. The van der Waals surface area contributed by atoms with Crippen molar-refractivity contribution in [1.29, 1.82) is 0 Å². The number of nitrogens with one attached hydrogen (secondary N) is 1. The summed E-state index contributed by atoms with van der Waals surface area (Å²) in [4.78, 5) is 11.2. The summed E-state index contributed by atoms with van der Waals surface area (Å²) in [5.41, 5.74) is 1.01. The SMILES string of the molecule is CCOC(=O)N[C@@H](C)c1ccc(OC)cc1. The van der Waals surface area contributed by atoms with Crippen LogP contribution in [0.3, 0.4) is 0 Å². The summed E-state index contributed by atoms with van der Waals surface area (Å²) in [7, 11) is 1.62. The topological polar surface area (TPSA) is 47.6 Å². The minimum absolute atomic E-state index is 0.0787. The van der Waals surface area contributed by atoms with E-state index in [1.165, 1.54) is 0 Å². The number of methoxy groups -OCH3 is 1. The molecule has 1 rings (SSSR count). The summed E-state index contributed by atoms with van der Waals surface area (Å²) in [5.74, 6) is 0.798. The largest absolute Gasteiger partial charge is 0.497 e. The number of ether oxygens (including phenoxy) is 2. The zero-order valence-electron chi connectivity index (χ0n) is 9.82. The number of carbonyl (C=O) groups excluding carboxylic acids is 1. The third-order valence-corrected chi connectivity index (χ3v) is 2.23. The van der Waals surface area contributed by atoms with Crippen molar-refractivity contribution in [3.8, 4) is 5.75 Å². The van der Waals surface area contributed by atoms with Gasteiger partial charge in [-0.3, -0.25) is 0 Å². The molecule has 1 atom stereocenters. The monoisotopic (exact) mass is 223 g/mol. The van der Waals surface area contributed by atoms with Crippen LogP contribution in [0.5, 0.6) is 5.75 Å². The van der Waals surface area contributed by atoms with E-state index in [9.17, 15) is 4.79 Å². The van der Waals surface area contributed by atoms with E-state index in [1.807, 2.05) is 31.2 Å². The third-order valence-electron chi connectivity index (χ3n) is 2.23. The first-order valence-corrected chi connectivity index (χ1v) is 5.24. The minimum atomic E-state index is -0.397. The molecule has 16 heavy (non-hydrogen) atoms. The lowest BCUT2D eigenvalue weighted by Gasteiger charge is -2.14. The van der Waals surface area contributed by atoms with Crippen LogP contribution < -0.4 is 10.1 Å². The minimum Gasteiger partial charge on any atom is -0.497 e. The Bertz CT molecular complexity index is 335. The van der Waals surface area contributed by atoms with Crippen LogP contribution in [0.1, 0.15) is 25.5 Å². The summed E-state index contributed by atoms with van der Waals surface area (Å²) in [5, 5.41) is 2.73. The van der Waals surface area contributed by atoms with E-state index in [4.69, 9.17) is 9.47 Å². The fourth-order valence-corrected chi connectivity index (χ4v) is 1.33. The first kappa shape index (κ1) is 12.4. The predicted octanol–water partition coefficient (Wildman–Crippen LogP) is 2.50. The van der Waals surface area contributed by atoms with E-state index in [0.717, 1.165) is 11.3 Å².